The molecule has 0 amide bonds. The second-order valence-corrected chi connectivity index (χ2v) is 9.02. The molecule has 0 aromatic heterocycles. The summed E-state index contributed by atoms with van der Waals surface area (Å²) in [5.74, 6) is 0.569. The van der Waals surface area contributed by atoms with Crippen molar-refractivity contribution in [2.45, 2.75) is 58.8 Å². The van der Waals surface area contributed by atoms with Crippen molar-refractivity contribution in [3.8, 4) is 0 Å². The van der Waals surface area contributed by atoms with Crippen LogP contribution >= 0.6 is 7.60 Å². The minimum Gasteiger partial charge on any atom is -0.435 e. The first-order valence-electron chi connectivity index (χ1n) is 9.22. The highest BCUT2D eigenvalue weighted by atomic mass is 31.2. The van der Waals surface area contributed by atoms with E-state index in [2.05, 4.69) is 23.7 Å². The first-order chi connectivity index (χ1) is 12.2. The highest BCUT2D eigenvalue weighted by Gasteiger charge is 2.23. The summed E-state index contributed by atoms with van der Waals surface area (Å²) >= 11 is 0. The number of rotatable bonds is 12. The van der Waals surface area contributed by atoms with Gasteiger partial charge in [0.2, 0.25) is 0 Å². The Kier molecular flexibility index (Phi) is 10.9. The number of hydrogen-bond donors (Lipinski definition) is 2. The number of carbonyl (C=O) groups excluding carboxylic acids is 1. The van der Waals surface area contributed by atoms with E-state index in [1.165, 1.54) is 0 Å². The Morgan fingerprint density at radius 1 is 1.12 bits per heavy atom. The molecule has 1 fully saturated rings. The Morgan fingerprint density at radius 3 is 2.15 bits per heavy atom. The molecular weight excluding hydrogens is 361 g/mol. The van der Waals surface area contributed by atoms with Gasteiger partial charge in [0.25, 0.3) is 0 Å². The molecule has 0 aliphatic heterocycles. The predicted molar refractivity (Wildman–Crippen MR) is 97.7 cm³/mol. The summed E-state index contributed by atoms with van der Waals surface area (Å²) in [6.07, 6.45) is 3.79. The molecule has 154 valence electrons. The summed E-state index contributed by atoms with van der Waals surface area (Å²) in [5.41, 5.74) is 0. The van der Waals surface area contributed by atoms with Gasteiger partial charge in [-0.05, 0) is 58.3 Å². The molecule has 26 heavy (non-hydrogen) atoms. The van der Waals surface area contributed by atoms with Crippen LogP contribution in [0.15, 0.2) is 0 Å². The monoisotopic (exact) mass is 395 g/mol. The minimum absolute atomic E-state index is 0.178. The van der Waals surface area contributed by atoms with E-state index < -0.39 is 19.9 Å². The molecule has 1 rings (SSSR count). The van der Waals surface area contributed by atoms with Crippen molar-refractivity contribution in [2.24, 2.45) is 11.8 Å². The van der Waals surface area contributed by atoms with E-state index in [4.69, 9.17) is 14.2 Å². The zero-order valence-electron chi connectivity index (χ0n) is 16.3. The largest absolute Gasteiger partial charge is 0.435 e. The summed E-state index contributed by atoms with van der Waals surface area (Å²) in [5, 5.41) is 2.53. The van der Waals surface area contributed by atoms with Crippen molar-refractivity contribution in [3.05, 3.63) is 0 Å². The van der Waals surface area contributed by atoms with Crippen LogP contribution in [-0.4, -0.2) is 56.4 Å². The van der Waals surface area contributed by atoms with Gasteiger partial charge in [0, 0.05) is 13.7 Å². The molecule has 9 heteroatoms. The maximum absolute atomic E-state index is 11.7. The van der Waals surface area contributed by atoms with Gasteiger partial charge in [0.05, 0.1) is 25.5 Å². The zero-order chi connectivity index (χ0) is 19.6. The van der Waals surface area contributed by atoms with Crippen LogP contribution in [0, 0.1) is 11.8 Å². The SMILES string of the molecule is COP(=O)(O)CNCC(=O)OC(C)OCC1CCC(COC(C)C)CC1. The highest BCUT2D eigenvalue weighted by Crippen LogP contribution is 2.38. The number of esters is 1. The molecule has 0 aromatic rings. The molecule has 1 aliphatic carbocycles. The van der Waals surface area contributed by atoms with Crippen molar-refractivity contribution in [1.29, 1.82) is 0 Å². The van der Waals surface area contributed by atoms with Crippen molar-refractivity contribution in [3.63, 3.8) is 0 Å². The Labute approximate surface area is 156 Å². The molecule has 0 aromatic carbocycles. The summed E-state index contributed by atoms with van der Waals surface area (Å²) in [7, 11) is -2.53. The summed E-state index contributed by atoms with van der Waals surface area (Å²) in [4.78, 5) is 20.9. The lowest BCUT2D eigenvalue weighted by atomic mass is 9.83. The maximum atomic E-state index is 11.7. The number of carbonyl (C=O) groups is 1. The summed E-state index contributed by atoms with van der Waals surface area (Å²) in [6, 6.07) is 0. The first kappa shape index (κ1) is 23.5. The normalized spacial score (nSPS) is 24.2. The maximum Gasteiger partial charge on any atom is 0.341 e. The van der Waals surface area contributed by atoms with Gasteiger partial charge >= 0.3 is 13.6 Å². The highest BCUT2D eigenvalue weighted by molar-refractivity contribution is 7.52. The van der Waals surface area contributed by atoms with Gasteiger partial charge in [-0.25, -0.2) is 0 Å². The molecule has 0 spiro atoms. The van der Waals surface area contributed by atoms with Crippen LogP contribution < -0.4 is 5.32 Å². The molecule has 2 N–H and O–H groups in total. The molecule has 2 unspecified atom stereocenters. The van der Waals surface area contributed by atoms with Gasteiger partial charge in [-0.3, -0.25) is 14.7 Å². The predicted octanol–water partition coefficient (Wildman–Crippen LogP) is 2.50. The van der Waals surface area contributed by atoms with Gasteiger partial charge in [0.15, 0.2) is 6.29 Å². The lowest BCUT2D eigenvalue weighted by Gasteiger charge is -2.29. The van der Waals surface area contributed by atoms with Crippen LogP contribution in [0.25, 0.3) is 0 Å². The number of ether oxygens (including phenoxy) is 3. The molecular formula is C17H34NO7P. The van der Waals surface area contributed by atoms with Gasteiger partial charge in [0.1, 0.15) is 0 Å². The molecule has 8 nitrogen and oxygen atoms in total. The van der Waals surface area contributed by atoms with E-state index in [0.29, 0.717) is 18.4 Å². The Bertz CT molecular complexity index is 452. The fourth-order valence-electron chi connectivity index (χ4n) is 2.79. The molecule has 0 radical (unpaired) electrons. The number of hydrogen-bond acceptors (Lipinski definition) is 7. The molecule has 0 saturated heterocycles. The fourth-order valence-corrected chi connectivity index (χ4v) is 3.31. The van der Waals surface area contributed by atoms with Crippen LogP contribution in [0.1, 0.15) is 46.5 Å². The minimum atomic E-state index is -3.67. The van der Waals surface area contributed by atoms with Gasteiger partial charge in [-0.1, -0.05) is 0 Å². The van der Waals surface area contributed by atoms with Crippen molar-refractivity contribution < 1.29 is 33.0 Å². The van der Waals surface area contributed by atoms with Crippen LogP contribution in [0.2, 0.25) is 0 Å². The van der Waals surface area contributed by atoms with Crippen molar-refractivity contribution in [1.82, 2.24) is 5.32 Å². The third-order valence-corrected chi connectivity index (χ3v) is 5.56. The van der Waals surface area contributed by atoms with Crippen molar-refractivity contribution in [2.75, 3.05) is 33.2 Å². The average Bonchev–Trinajstić information content (AvgIpc) is 2.58. The van der Waals surface area contributed by atoms with Crippen LogP contribution in [-0.2, 0) is 28.1 Å². The van der Waals surface area contributed by atoms with Crippen LogP contribution in [0.5, 0.6) is 0 Å². The van der Waals surface area contributed by atoms with E-state index in [1.54, 1.807) is 6.92 Å². The third-order valence-electron chi connectivity index (χ3n) is 4.36. The zero-order valence-corrected chi connectivity index (χ0v) is 17.2. The van der Waals surface area contributed by atoms with Crippen LogP contribution in [0.4, 0.5) is 0 Å². The molecule has 1 saturated carbocycles. The topological polar surface area (TPSA) is 103 Å². The van der Waals surface area contributed by atoms with Gasteiger partial charge in [-0.15, -0.1) is 0 Å². The Hall–Kier alpha value is -0.500. The molecule has 0 heterocycles. The third kappa shape index (κ3) is 10.6. The quantitative estimate of drug-likeness (QED) is 0.295. The van der Waals surface area contributed by atoms with Crippen LogP contribution in [0.3, 0.4) is 0 Å². The Balaban J connectivity index is 2.12. The first-order valence-corrected chi connectivity index (χ1v) is 11.0. The molecule has 0 bridgehead atoms. The van der Waals surface area contributed by atoms with Gasteiger partial charge < -0.3 is 23.6 Å². The second kappa shape index (κ2) is 12.1. The Morgan fingerprint density at radius 2 is 1.65 bits per heavy atom. The lowest BCUT2D eigenvalue weighted by Crippen LogP contribution is -2.30. The standard InChI is InChI=1S/C17H34NO7P/c1-13(2)23-10-15-5-7-16(8-6-15)11-24-14(3)25-17(19)9-18-12-26(20,21)22-4/h13-16,18H,5-12H2,1-4H3,(H,20,21). The lowest BCUT2D eigenvalue weighted by molar-refractivity contribution is -0.176. The van der Waals surface area contributed by atoms with E-state index in [1.807, 2.05) is 0 Å². The van der Waals surface area contributed by atoms with Crippen molar-refractivity contribution >= 4 is 13.6 Å². The van der Waals surface area contributed by atoms with Gasteiger partial charge in [-0.2, -0.15) is 0 Å². The summed E-state index contributed by atoms with van der Waals surface area (Å²) < 4.78 is 32.1. The van der Waals surface area contributed by atoms with E-state index in [9.17, 15) is 14.3 Å². The number of nitrogens with one attached hydrogen (secondary N) is 1. The second-order valence-electron chi connectivity index (χ2n) is 7.06. The average molecular weight is 395 g/mol. The summed E-state index contributed by atoms with van der Waals surface area (Å²) in [6.45, 7) is 7.00. The smallest absolute Gasteiger partial charge is 0.341 e. The fraction of sp³-hybridized carbons (Fsp3) is 0.941. The molecule has 2 atom stereocenters. The van der Waals surface area contributed by atoms with E-state index >= 15 is 0 Å². The molecule has 1 aliphatic rings. The van der Waals surface area contributed by atoms with E-state index in [-0.39, 0.29) is 18.9 Å². The van der Waals surface area contributed by atoms with E-state index in [0.717, 1.165) is 39.4 Å².